The van der Waals surface area contributed by atoms with Crippen LogP contribution in [0.15, 0.2) is 30.5 Å². The molecule has 116 valence electrons. The highest BCUT2D eigenvalue weighted by molar-refractivity contribution is 7.19. The molecular weight excluding hydrogens is 335 g/mol. The van der Waals surface area contributed by atoms with Crippen molar-refractivity contribution < 1.29 is 18.3 Å². The van der Waals surface area contributed by atoms with E-state index < -0.39 is 16.8 Å². The third-order valence-corrected chi connectivity index (χ3v) is 5.36. The van der Waals surface area contributed by atoms with Gasteiger partial charge in [0, 0.05) is 13.2 Å². The lowest BCUT2D eigenvalue weighted by Crippen LogP contribution is -2.42. The lowest BCUT2D eigenvalue weighted by Gasteiger charge is -2.26. The molecule has 2 N–H and O–H groups in total. The molecule has 2 heterocycles. The maximum Gasteiger partial charge on any atom is 0.429 e. The predicted octanol–water partition coefficient (Wildman–Crippen LogP) is 3.59. The summed E-state index contributed by atoms with van der Waals surface area (Å²) in [6.45, 7) is 0. The summed E-state index contributed by atoms with van der Waals surface area (Å²) in [7, 11) is 1.55. The van der Waals surface area contributed by atoms with Crippen LogP contribution in [0.25, 0.3) is 10.2 Å². The van der Waals surface area contributed by atoms with Crippen LogP contribution in [0.4, 0.5) is 18.3 Å². The Bertz CT molecular complexity index is 781. The smallest absolute Gasteiger partial charge is 0.370 e. The number of aromatic nitrogens is 2. The Morgan fingerprint density at radius 1 is 1.18 bits per heavy atom. The quantitative estimate of drug-likeness (QED) is 0.762. The summed E-state index contributed by atoms with van der Waals surface area (Å²) in [5.41, 5.74) is -2.74. The second kappa shape index (κ2) is 5.18. The van der Waals surface area contributed by atoms with Crippen molar-refractivity contribution in [3.63, 3.8) is 0 Å². The number of fused-ring (bicyclic) bond motifs is 1. The molecule has 0 aliphatic carbocycles. The van der Waals surface area contributed by atoms with E-state index in [0.717, 1.165) is 28.9 Å². The molecule has 0 spiro atoms. The number of benzene rings is 1. The molecule has 1 aromatic carbocycles. The zero-order valence-corrected chi connectivity index (χ0v) is 12.8. The number of hydrogen-bond donors (Lipinski definition) is 2. The Hall–Kier alpha value is -1.71. The van der Waals surface area contributed by atoms with Crippen molar-refractivity contribution in [2.24, 2.45) is 0 Å². The Kier molecular flexibility index (Phi) is 3.58. The van der Waals surface area contributed by atoms with Gasteiger partial charge in [-0.1, -0.05) is 23.5 Å². The van der Waals surface area contributed by atoms with Gasteiger partial charge in [0.2, 0.25) is 5.60 Å². The van der Waals surface area contributed by atoms with E-state index in [1.54, 1.807) is 31.3 Å². The fraction of sp³-hybridized carbons (Fsp3) is 0.231. The monoisotopic (exact) mass is 345 g/mol. The largest absolute Gasteiger partial charge is 0.429 e. The number of nitrogens with zero attached hydrogens (tertiary/aromatic N) is 2. The first-order valence-electron chi connectivity index (χ1n) is 6.15. The molecule has 1 atom stereocenters. The molecule has 0 radical (unpaired) electrons. The summed E-state index contributed by atoms with van der Waals surface area (Å²) in [6.07, 6.45) is -3.88. The highest BCUT2D eigenvalue weighted by Gasteiger charge is 2.59. The normalized spacial score (nSPS) is 15.0. The van der Waals surface area contributed by atoms with Crippen LogP contribution in [-0.2, 0) is 5.60 Å². The number of alkyl halides is 3. The van der Waals surface area contributed by atoms with E-state index >= 15 is 0 Å². The minimum atomic E-state index is -4.90. The Morgan fingerprint density at radius 3 is 2.50 bits per heavy atom. The molecule has 0 unspecified atom stereocenters. The van der Waals surface area contributed by atoms with Crippen LogP contribution >= 0.6 is 22.7 Å². The van der Waals surface area contributed by atoms with Crippen LogP contribution < -0.4 is 5.32 Å². The molecule has 22 heavy (non-hydrogen) atoms. The van der Waals surface area contributed by atoms with Crippen molar-refractivity contribution in [3.05, 3.63) is 40.3 Å². The van der Waals surface area contributed by atoms with E-state index in [2.05, 4.69) is 15.3 Å². The van der Waals surface area contributed by atoms with Crippen LogP contribution in [0.3, 0.4) is 0 Å². The first-order valence-corrected chi connectivity index (χ1v) is 7.79. The van der Waals surface area contributed by atoms with E-state index in [1.807, 2.05) is 0 Å². The van der Waals surface area contributed by atoms with Crippen LogP contribution in [0.5, 0.6) is 0 Å². The highest BCUT2D eigenvalue weighted by atomic mass is 32.1. The second-order valence-electron chi connectivity index (χ2n) is 4.47. The third kappa shape index (κ3) is 2.25. The van der Waals surface area contributed by atoms with Gasteiger partial charge >= 0.3 is 6.18 Å². The van der Waals surface area contributed by atoms with Crippen molar-refractivity contribution in [1.82, 2.24) is 9.97 Å². The average Bonchev–Trinajstić information content (AvgIpc) is 3.11. The minimum absolute atomic E-state index is 0.291. The van der Waals surface area contributed by atoms with Crippen LogP contribution in [0.1, 0.15) is 9.88 Å². The number of anilines is 1. The van der Waals surface area contributed by atoms with E-state index in [1.165, 1.54) is 0 Å². The van der Waals surface area contributed by atoms with E-state index in [0.29, 0.717) is 15.3 Å². The van der Waals surface area contributed by atoms with Crippen LogP contribution in [-0.4, -0.2) is 28.3 Å². The summed E-state index contributed by atoms with van der Waals surface area (Å²) in [5, 5.41) is 13.0. The summed E-state index contributed by atoms with van der Waals surface area (Å²) in [6, 6.07) is 6.67. The molecule has 3 aromatic rings. The highest BCUT2D eigenvalue weighted by Crippen LogP contribution is 2.48. The first kappa shape index (κ1) is 15.2. The minimum Gasteiger partial charge on any atom is -0.370 e. The fourth-order valence-corrected chi connectivity index (χ4v) is 3.99. The molecule has 0 amide bonds. The van der Waals surface area contributed by atoms with Gasteiger partial charge in [-0.15, -0.1) is 11.3 Å². The number of para-hydroxylation sites is 1. The second-order valence-corrected chi connectivity index (χ2v) is 6.54. The van der Waals surface area contributed by atoms with Crippen molar-refractivity contribution in [3.8, 4) is 0 Å². The SMILES string of the molecule is CNc1ncc([C@](O)(c2nc3ccccc3s2)C(F)(F)F)s1. The predicted molar refractivity (Wildman–Crippen MR) is 80.3 cm³/mol. The van der Waals surface area contributed by atoms with Crippen LogP contribution in [0, 0.1) is 0 Å². The van der Waals surface area contributed by atoms with Crippen molar-refractivity contribution >= 4 is 38.0 Å². The van der Waals surface area contributed by atoms with Gasteiger partial charge < -0.3 is 10.4 Å². The van der Waals surface area contributed by atoms with Gasteiger partial charge in [0.05, 0.1) is 15.1 Å². The molecule has 2 aromatic heterocycles. The van der Waals surface area contributed by atoms with E-state index in [-0.39, 0.29) is 4.88 Å². The standard InChI is InChI=1S/C13H10F3N3OS2/c1-17-11-18-6-9(22-11)12(20,13(14,15)16)10-19-7-4-2-3-5-8(7)21-10/h2-6,20H,1H3,(H,17,18)/t12-/m0/s1. The van der Waals surface area contributed by atoms with Gasteiger partial charge in [0.25, 0.3) is 0 Å². The molecular formula is C13H10F3N3OS2. The Labute approximate surface area is 131 Å². The number of nitrogens with one attached hydrogen (secondary N) is 1. The molecule has 0 aliphatic heterocycles. The molecule has 3 rings (SSSR count). The molecule has 0 saturated carbocycles. The van der Waals surface area contributed by atoms with Crippen molar-refractivity contribution in [2.45, 2.75) is 11.8 Å². The Morgan fingerprint density at radius 2 is 1.91 bits per heavy atom. The summed E-state index contributed by atoms with van der Waals surface area (Å²) in [5.74, 6) is 0. The molecule has 0 bridgehead atoms. The zero-order valence-electron chi connectivity index (χ0n) is 11.2. The van der Waals surface area contributed by atoms with Crippen molar-refractivity contribution in [1.29, 1.82) is 0 Å². The maximum atomic E-state index is 13.6. The van der Waals surface area contributed by atoms with Crippen molar-refractivity contribution in [2.75, 3.05) is 12.4 Å². The van der Waals surface area contributed by atoms with Crippen LogP contribution in [0.2, 0.25) is 0 Å². The molecule has 0 saturated heterocycles. The van der Waals surface area contributed by atoms with Gasteiger partial charge in [-0.05, 0) is 12.1 Å². The average molecular weight is 345 g/mol. The van der Waals surface area contributed by atoms with Gasteiger partial charge in [0.15, 0.2) is 5.13 Å². The lowest BCUT2D eigenvalue weighted by atomic mass is 10.0. The van der Waals surface area contributed by atoms with E-state index in [9.17, 15) is 18.3 Å². The summed E-state index contributed by atoms with van der Waals surface area (Å²) >= 11 is 1.57. The number of hydrogen-bond acceptors (Lipinski definition) is 6. The van der Waals surface area contributed by atoms with E-state index in [4.69, 9.17) is 0 Å². The zero-order chi connectivity index (χ0) is 16.0. The molecule has 4 nitrogen and oxygen atoms in total. The summed E-state index contributed by atoms with van der Waals surface area (Å²) < 4.78 is 41.4. The maximum absolute atomic E-state index is 13.6. The number of thiazole rings is 2. The lowest BCUT2D eigenvalue weighted by molar-refractivity contribution is -0.247. The Balaban J connectivity index is 2.21. The van der Waals surface area contributed by atoms with Gasteiger partial charge in [-0.25, -0.2) is 9.97 Å². The molecule has 0 fully saturated rings. The molecule has 9 heteroatoms. The fourth-order valence-electron chi connectivity index (χ4n) is 1.95. The van der Waals surface area contributed by atoms with Gasteiger partial charge in [0.1, 0.15) is 5.01 Å². The summed E-state index contributed by atoms with van der Waals surface area (Å²) in [4.78, 5) is 7.47. The van der Waals surface area contributed by atoms with Gasteiger partial charge in [-0.3, -0.25) is 0 Å². The number of halogens is 3. The molecule has 0 aliphatic rings. The third-order valence-electron chi connectivity index (χ3n) is 3.09. The topological polar surface area (TPSA) is 58.0 Å². The van der Waals surface area contributed by atoms with Gasteiger partial charge in [-0.2, -0.15) is 13.2 Å². The first-order chi connectivity index (χ1) is 10.4. The number of aliphatic hydroxyl groups is 1. The number of rotatable bonds is 3.